The van der Waals surface area contributed by atoms with E-state index in [1.807, 2.05) is 42.3 Å². The molecule has 1 aliphatic heterocycles. The van der Waals surface area contributed by atoms with Crippen molar-refractivity contribution in [3.05, 3.63) is 36.7 Å². The molecule has 2 aromatic rings. The van der Waals surface area contributed by atoms with Gasteiger partial charge in [0.1, 0.15) is 11.6 Å². The number of hydrogen-bond acceptors (Lipinski definition) is 4. The Morgan fingerprint density at radius 1 is 1.33 bits per heavy atom. The van der Waals surface area contributed by atoms with Crippen LogP contribution in [-0.4, -0.2) is 53.8 Å². The molecule has 128 valence electrons. The average molecular weight is 329 g/mol. The van der Waals surface area contributed by atoms with Crippen LogP contribution >= 0.6 is 0 Å². The molecule has 6 nitrogen and oxygen atoms in total. The second-order valence-corrected chi connectivity index (χ2v) is 5.78. The molecule has 24 heavy (non-hydrogen) atoms. The molecule has 0 saturated carbocycles. The van der Waals surface area contributed by atoms with E-state index in [4.69, 9.17) is 9.47 Å². The molecule has 3 rings (SSSR count). The summed E-state index contributed by atoms with van der Waals surface area (Å²) in [7, 11) is 1.65. The number of hydrogen-bond donors (Lipinski definition) is 0. The van der Waals surface area contributed by atoms with Crippen molar-refractivity contribution in [3.8, 4) is 17.1 Å². The molecular formula is C18H23N3O3. The van der Waals surface area contributed by atoms with Crippen molar-refractivity contribution in [2.45, 2.75) is 19.4 Å². The van der Waals surface area contributed by atoms with Gasteiger partial charge in [0.05, 0.1) is 24.8 Å². The number of para-hydroxylation sites is 1. The first-order valence-corrected chi connectivity index (χ1v) is 8.26. The van der Waals surface area contributed by atoms with Gasteiger partial charge in [-0.15, -0.1) is 0 Å². The zero-order chi connectivity index (χ0) is 16.9. The van der Waals surface area contributed by atoms with E-state index in [1.165, 1.54) is 0 Å². The van der Waals surface area contributed by atoms with E-state index in [9.17, 15) is 4.79 Å². The van der Waals surface area contributed by atoms with Crippen LogP contribution in [0.3, 0.4) is 0 Å². The van der Waals surface area contributed by atoms with Crippen LogP contribution < -0.4 is 4.74 Å². The van der Waals surface area contributed by atoms with Crippen molar-refractivity contribution in [3.63, 3.8) is 0 Å². The highest BCUT2D eigenvalue weighted by molar-refractivity contribution is 5.79. The van der Waals surface area contributed by atoms with Crippen LogP contribution in [-0.2, 0) is 9.53 Å². The van der Waals surface area contributed by atoms with Crippen LogP contribution in [0.1, 0.15) is 19.4 Å². The van der Waals surface area contributed by atoms with Gasteiger partial charge < -0.3 is 18.9 Å². The molecule has 6 heteroatoms. The van der Waals surface area contributed by atoms with Crippen molar-refractivity contribution in [2.75, 3.05) is 33.4 Å². The summed E-state index contributed by atoms with van der Waals surface area (Å²) >= 11 is 0. The zero-order valence-corrected chi connectivity index (χ0v) is 14.1. The smallest absolute Gasteiger partial charge is 0.224 e. The lowest BCUT2D eigenvalue weighted by atomic mass is 10.1. The molecule has 1 aliphatic rings. The van der Waals surface area contributed by atoms with Crippen molar-refractivity contribution >= 4 is 5.91 Å². The highest BCUT2D eigenvalue weighted by atomic mass is 16.5. The summed E-state index contributed by atoms with van der Waals surface area (Å²) in [6.45, 7) is 4.44. The summed E-state index contributed by atoms with van der Waals surface area (Å²) in [6.07, 6.45) is 4.21. The van der Waals surface area contributed by atoms with Crippen molar-refractivity contribution < 1.29 is 14.3 Å². The molecule has 1 aromatic carbocycles. The van der Waals surface area contributed by atoms with Gasteiger partial charge in [-0.25, -0.2) is 4.98 Å². The van der Waals surface area contributed by atoms with Crippen LogP contribution in [0.25, 0.3) is 11.4 Å². The number of aromatic nitrogens is 2. The van der Waals surface area contributed by atoms with E-state index in [0.29, 0.717) is 32.7 Å². The number of likely N-dealkylation sites (tertiary alicyclic amines) is 1. The van der Waals surface area contributed by atoms with Gasteiger partial charge in [0, 0.05) is 39.0 Å². The number of amides is 1. The number of nitrogens with zero attached hydrogens (tertiary/aromatic N) is 3. The summed E-state index contributed by atoms with van der Waals surface area (Å²) in [5.74, 6) is 1.81. The fourth-order valence-electron chi connectivity index (χ4n) is 3.10. The number of carbonyl (C=O) groups is 1. The van der Waals surface area contributed by atoms with E-state index in [2.05, 4.69) is 9.55 Å². The van der Waals surface area contributed by atoms with Gasteiger partial charge in [-0.3, -0.25) is 4.79 Å². The molecule has 1 amide bonds. The Labute approximate surface area is 142 Å². The van der Waals surface area contributed by atoms with E-state index < -0.39 is 0 Å². The zero-order valence-electron chi connectivity index (χ0n) is 14.1. The predicted octanol–water partition coefficient (Wildman–Crippen LogP) is 2.37. The third kappa shape index (κ3) is 3.28. The monoisotopic (exact) mass is 329 g/mol. The molecule has 0 bridgehead atoms. The van der Waals surface area contributed by atoms with Crippen LogP contribution in [0.4, 0.5) is 0 Å². The highest BCUT2D eigenvalue weighted by Gasteiger charge is 2.31. The molecule has 0 N–H and O–H groups in total. The number of benzene rings is 1. The Hall–Kier alpha value is -2.34. The largest absolute Gasteiger partial charge is 0.493 e. The molecule has 1 saturated heterocycles. The normalized spacial score (nSPS) is 17.5. The van der Waals surface area contributed by atoms with Gasteiger partial charge in [0.15, 0.2) is 0 Å². The summed E-state index contributed by atoms with van der Waals surface area (Å²) < 4.78 is 12.9. The van der Waals surface area contributed by atoms with Gasteiger partial charge in [0.2, 0.25) is 5.91 Å². The fraction of sp³-hybridized carbons (Fsp3) is 0.444. The Kier molecular flexibility index (Phi) is 5.15. The van der Waals surface area contributed by atoms with Gasteiger partial charge in [0.25, 0.3) is 0 Å². The first-order valence-electron chi connectivity index (χ1n) is 8.26. The third-order valence-corrected chi connectivity index (χ3v) is 4.25. The van der Waals surface area contributed by atoms with Crippen LogP contribution in [0.15, 0.2) is 36.7 Å². The fourth-order valence-corrected chi connectivity index (χ4v) is 3.10. The molecule has 0 aliphatic carbocycles. The van der Waals surface area contributed by atoms with Crippen LogP contribution in [0.2, 0.25) is 0 Å². The maximum atomic E-state index is 12.2. The van der Waals surface area contributed by atoms with E-state index >= 15 is 0 Å². The minimum atomic E-state index is 0.0848. The van der Waals surface area contributed by atoms with Crippen molar-refractivity contribution in [2.24, 2.45) is 0 Å². The number of methoxy groups -OCH3 is 1. The minimum Gasteiger partial charge on any atom is -0.493 e. The second-order valence-electron chi connectivity index (χ2n) is 5.78. The lowest BCUT2D eigenvalue weighted by Gasteiger charge is -2.18. The lowest BCUT2D eigenvalue weighted by Crippen LogP contribution is -2.29. The van der Waals surface area contributed by atoms with Crippen LogP contribution in [0.5, 0.6) is 5.75 Å². The topological polar surface area (TPSA) is 56.6 Å². The van der Waals surface area contributed by atoms with E-state index in [-0.39, 0.29) is 11.9 Å². The molecular weight excluding hydrogens is 306 g/mol. The first kappa shape index (κ1) is 16.5. The molecule has 1 aromatic heterocycles. The summed E-state index contributed by atoms with van der Waals surface area (Å²) in [5, 5.41) is 0. The van der Waals surface area contributed by atoms with Gasteiger partial charge in [-0.2, -0.15) is 0 Å². The average Bonchev–Trinajstić information content (AvgIpc) is 3.20. The molecule has 2 heterocycles. The first-order chi connectivity index (χ1) is 11.7. The Morgan fingerprint density at radius 3 is 2.96 bits per heavy atom. The standard InChI is InChI=1S/C18H23N3O3/c1-3-24-16-7-5-4-6-15(16)18-19-8-9-21(18)14-12-17(22)20(13-14)10-11-23-2/h4-9,14H,3,10-13H2,1-2H3/t14-/m1/s1. The molecule has 0 radical (unpaired) electrons. The molecule has 0 spiro atoms. The van der Waals surface area contributed by atoms with Gasteiger partial charge in [-0.1, -0.05) is 12.1 Å². The van der Waals surface area contributed by atoms with E-state index in [1.54, 1.807) is 13.3 Å². The molecule has 1 fully saturated rings. The Morgan fingerprint density at radius 2 is 2.17 bits per heavy atom. The second kappa shape index (κ2) is 7.49. The maximum Gasteiger partial charge on any atom is 0.224 e. The number of carbonyl (C=O) groups excluding carboxylic acids is 1. The summed E-state index contributed by atoms with van der Waals surface area (Å²) in [5.41, 5.74) is 0.951. The predicted molar refractivity (Wildman–Crippen MR) is 90.9 cm³/mol. The number of ether oxygens (including phenoxy) is 2. The van der Waals surface area contributed by atoms with Crippen molar-refractivity contribution in [1.82, 2.24) is 14.5 Å². The maximum absolute atomic E-state index is 12.2. The van der Waals surface area contributed by atoms with Gasteiger partial charge in [-0.05, 0) is 19.1 Å². The third-order valence-electron chi connectivity index (χ3n) is 4.25. The molecule has 0 unspecified atom stereocenters. The summed E-state index contributed by atoms with van der Waals surface area (Å²) in [4.78, 5) is 18.6. The van der Waals surface area contributed by atoms with Gasteiger partial charge >= 0.3 is 0 Å². The Bertz CT molecular complexity index is 698. The molecule has 1 atom stereocenters. The quantitative estimate of drug-likeness (QED) is 0.782. The number of rotatable bonds is 7. The SMILES string of the molecule is CCOc1ccccc1-c1nccn1[C@@H]1CC(=O)N(CCOC)C1. The summed E-state index contributed by atoms with van der Waals surface area (Å²) in [6, 6.07) is 7.96. The minimum absolute atomic E-state index is 0.0848. The lowest BCUT2D eigenvalue weighted by molar-refractivity contribution is -0.128. The highest BCUT2D eigenvalue weighted by Crippen LogP contribution is 2.33. The van der Waals surface area contributed by atoms with Crippen molar-refractivity contribution in [1.29, 1.82) is 0 Å². The van der Waals surface area contributed by atoms with E-state index in [0.717, 1.165) is 17.1 Å². The van der Waals surface area contributed by atoms with Crippen LogP contribution in [0, 0.1) is 0 Å². The number of imidazole rings is 1. The Balaban J connectivity index is 1.85.